The van der Waals surface area contributed by atoms with Crippen LogP contribution in [0.5, 0.6) is 5.88 Å². The lowest BCUT2D eigenvalue weighted by molar-refractivity contribution is -0.0448. The highest BCUT2D eigenvalue weighted by Crippen LogP contribution is 2.32. The monoisotopic (exact) mass is 519 g/mol. The van der Waals surface area contributed by atoms with E-state index in [1.165, 1.54) is 31.6 Å². The molecule has 2 aromatic heterocycles. The molecule has 37 heavy (non-hydrogen) atoms. The second kappa shape index (κ2) is 12.7. The van der Waals surface area contributed by atoms with Crippen molar-refractivity contribution in [1.82, 2.24) is 14.8 Å². The number of hydrogen-bond acceptors (Lipinski definition) is 3. The molecule has 0 radical (unpaired) electrons. The standard InChI is InChI=1S/C28H30F5N3O/c1-4-19(26-20(5-2)12-13-34-27(26)37-18-28(32,33)6-3)8-7-9-21-10-11-22(14-24(21)29)23-15-35-36(16-23)17-25(30)31/h10-16,25H,1,5-9,17-18H2,2-3H3. The number of ether oxygens (including phenoxy) is 1. The number of aromatic nitrogens is 3. The van der Waals surface area contributed by atoms with Gasteiger partial charge in [0, 0.05) is 30.0 Å². The van der Waals surface area contributed by atoms with Gasteiger partial charge in [-0.15, -0.1) is 5.73 Å². The number of aryl methyl sites for hydroxylation is 2. The minimum atomic E-state index is -2.97. The Morgan fingerprint density at radius 3 is 2.59 bits per heavy atom. The van der Waals surface area contributed by atoms with Crippen molar-refractivity contribution in [2.75, 3.05) is 6.61 Å². The first-order chi connectivity index (χ1) is 17.7. The van der Waals surface area contributed by atoms with Gasteiger partial charge < -0.3 is 4.74 Å². The number of benzene rings is 1. The minimum absolute atomic E-state index is 0.113. The van der Waals surface area contributed by atoms with Crippen LogP contribution in [0.25, 0.3) is 16.7 Å². The Morgan fingerprint density at radius 2 is 1.95 bits per heavy atom. The molecule has 0 spiro atoms. The summed E-state index contributed by atoms with van der Waals surface area (Å²) >= 11 is 0. The van der Waals surface area contributed by atoms with Crippen molar-refractivity contribution in [1.29, 1.82) is 0 Å². The van der Waals surface area contributed by atoms with Crippen LogP contribution in [-0.2, 0) is 19.4 Å². The van der Waals surface area contributed by atoms with Gasteiger partial charge in [-0.25, -0.2) is 26.9 Å². The Kier molecular flexibility index (Phi) is 9.64. The van der Waals surface area contributed by atoms with Crippen LogP contribution in [0, 0.1) is 5.82 Å². The van der Waals surface area contributed by atoms with Gasteiger partial charge in [0.15, 0.2) is 6.61 Å². The molecule has 1 aromatic carbocycles. The number of nitrogens with zero attached hydrogens (tertiary/aromatic N) is 3. The second-order valence-corrected chi connectivity index (χ2v) is 8.66. The van der Waals surface area contributed by atoms with E-state index >= 15 is 0 Å². The van der Waals surface area contributed by atoms with Crippen LogP contribution in [0.3, 0.4) is 0 Å². The minimum Gasteiger partial charge on any atom is -0.471 e. The molecule has 0 amide bonds. The van der Waals surface area contributed by atoms with Crippen LogP contribution >= 0.6 is 0 Å². The van der Waals surface area contributed by atoms with E-state index in [1.54, 1.807) is 18.2 Å². The van der Waals surface area contributed by atoms with Gasteiger partial charge in [-0.05, 0) is 54.5 Å². The zero-order chi connectivity index (χ0) is 27.0. The molecule has 0 aliphatic heterocycles. The lowest BCUT2D eigenvalue weighted by Gasteiger charge is -2.19. The number of hydrogen-bond donors (Lipinski definition) is 0. The highest BCUT2D eigenvalue weighted by Gasteiger charge is 2.28. The van der Waals surface area contributed by atoms with Crippen molar-refractivity contribution >= 4 is 5.57 Å². The van der Waals surface area contributed by atoms with E-state index in [2.05, 4.69) is 22.4 Å². The maximum Gasteiger partial charge on any atom is 0.281 e. The predicted octanol–water partition coefficient (Wildman–Crippen LogP) is 7.53. The summed E-state index contributed by atoms with van der Waals surface area (Å²) in [6, 6.07) is 6.55. The molecule has 3 aromatic rings. The van der Waals surface area contributed by atoms with Crippen molar-refractivity contribution < 1.29 is 26.7 Å². The summed E-state index contributed by atoms with van der Waals surface area (Å²) in [6.07, 6.45) is 3.58. The molecule has 0 unspecified atom stereocenters. The summed E-state index contributed by atoms with van der Waals surface area (Å²) in [6.45, 7) is 5.80. The molecule has 0 saturated heterocycles. The Hall–Kier alpha value is -3.45. The molecule has 0 bridgehead atoms. The molecule has 198 valence electrons. The first-order valence-corrected chi connectivity index (χ1v) is 12.1. The zero-order valence-electron chi connectivity index (χ0n) is 20.9. The molecule has 0 N–H and O–H groups in total. The second-order valence-electron chi connectivity index (χ2n) is 8.66. The molecule has 0 saturated carbocycles. The summed E-state index contributed by atoms with van der Waals surface area (Å²) in [7, 11) is 0. The molecule has 0 atom stereocenters. The van der Waals surface area contributed by atoms with Crippen LogP contribution in [0.1, 0.15) is 49.8 Å². The van der Waals surface area contributed by atoms with E-state index in [1.807, 2.05) is 6.92 Å². The van der Waals surface area contributed by atoms with Gasteiger partial charge in [-0.1, -0.05) is 32.6 Å². The summed E-state index contributed by atoms with van der Waals surface area (Å²) in [5, 5.41) is 3.89. The Labute approximate surface area is 213 Å². The molecule has 2 heterocycles. The first kappa shape index (κ1) is 28.1. The van der Waals surface area contributed by atoms with E-state index in [0.29, 0.717) is 53.5 Å². The SMILES string of the molecule is C=C=C(CCCc1ccc(-c2cnn(CC(F)F)c2)cc1F)c1c(CC)ccnc1OCC(F)(F)CC. The topological polar surface area (TPSA) is 39.9 Å². The Bertz CT molecular complexity index is 1250. The van der Waals surface area contributed by atoms with Gasteiger partial charge in [0.1, 0.15) is 12.4 Å². The summed E-state index contributed by atoms with van der Waals surface area (Å²) < 4.78 is 74.1. The normalized spacial score (nSPS) is 11.6. The van der Waals surface area contributed by atoms with Crippen molar-refractivity contribution in [3.8, 4) is 17.0 Å². The van der Waals surface area contributed by atoms with Gasteiger partial charge in [0.25, 0.3) is 12.3 Å². The lowest BCUT2D eigenvalue weighted by atomic mass is 9.94. The molecule has 3 rings (SSSR count). The van der Waals surface area contributed by atoms with Crippen LogP contribution in [0.4, 0.5) is 22.0 Å². The Balaban J connectivity index is 1.70. The molecular weight excluding hydrogens is 489 g/mol. The first-order valence-electron chi connectivity index (χ1n) is 12.1. The van der Waals surface area contributed by atoms with Gasteiger partial charge in [-0.2, -0.15) is 5.10 Å². The van der Waals surface area contributed by atoms with Gasteiger partial charge in [0.05, 0.1) is 11.8 Å². The number of halogens is 5. The largest absolute Gasteiger partial charge is 0.471 e. The van der Waals surface area contributed by atoms with Crippen LogP contribution < -0.4 is 4.74 Å². The predicted molar refractivity (Wildman–Crippen MR) is 133 cm³/mol. The van der Waals surface area contributed by atoms with Crippen molar-refractivity contribution in [2.24, 2.45) is 0 Å². The summed E-state index contributed by atoms with van der Waals surface area (Å²) in [5.74, 6) is -3.27. The van der Waals surface area contributed by atoms with Crippen LogP contribution in [0.15, 0.2) is 55.2 Å². The maximum absolute atomic E-state index is 14.8. The quantitative estimate of drug-likeness (QED) is 0.173. The summed E-state index contributed by atoms with van der Waals surface area (Å²) in [5.41, 5.74) is 6.62. The number of rotatable bonds is 13. The fraction of sp³-hybridized carbons (Fsp3) is 0.393. The van der Waals surface area contributed by atoms with Crippen LogP contribution in [-0.4, -0.2) is 33.7 Å². The van der Waals surface area contributed by atoms with Crippen LogP contribution in [0.2, 0.25) is 0 Å². The lowest BCUT2D eigenvalue weighted by Crippen LogP contribution is -2.25. The van der Waals surface area contributed by atoms with Crippen molar-refractivity contribution in [3.63, 3.8) is 0 Å². The summed E-state index contributed by atoms with van der Waals surface area (Å²) in [4.78, 5) is 4.18. The van der Waals surface area contributed by atoms with E-state index in [4.69, 9.17) is 4.74 Å². The highest BCUT2D eigenvalue weighted by molar-refractivity contribution is 5.71. The molecule has 9 heteroatoms. The third kappa shape index (κ3) is 7.52. The smallest absolute Gasteiger partial charge is 0.281 e. The molecule has 0 aliphatic rings. The van der Waals surface area contributed by atoms with Crippen molar-refractivity contribution in [2.45, 2.75) is 64.8 Å². The number of allylic oxidation sites excluding steroid dienone is 1. The van der Waals surface area contributed by atoms with Gasteiger partial charge in [-0.3, -0.25) is 4.68 Å². The van der Waals surface area contributed by atoms with E-state index in [9.17, 15) is 22.0 Å². The van der Waals surface area contributed by atoms with E-state index < -0.39 is 31.3 Å². The number of pyridine rings is 1. The van der Waals surface area contributed by atoms with E-state index in [-0.39, 0.29) is 12.3 Å². The van der Waals surface area contributed by atoms with Gasteiger partial charge in [0.2, 0.25) is 5.88 Å². The van der Waals surface area contributed by atoms with Crippen molar-refractivity contribution in [3.05, 3.63) is 77.7 Å². The third-order valence-corrected chi connectivity index (χ3v) is 6.05. The third-order valence-electron chi connectivity index (χ3n) is 6.05. The molecular formula is C28H30F5N3O. The maximum atomic E-state index is 14.8. The fourth-order valence-electron chi connectivity index (χ4n) is 3.92. The highest BCUT2D eigenvalue weighted by atomic mass is 19.3. The van der Waals surface area contributed by atoms with E-state index in [0.717, 1.165) is 10.2 Å². The fourth-order valence-corrected chi connectivity index (χ4v) is 3.92. The average molecular weight is 520 g/mol. The molecule has 0 aliphatic carbocycles. The van der Waals surface area contributed by atoms with Gasteiger partial charge >= 0.3 is 0 Å². The molecule has 4 nitrogen and oxygen atoms in total. The zero-order valence-corrected chi connectivity index (χ0v) is 20.9. The average Bonchev–Trinajstić information content (AvgIpc) is 3.34. The number of alkyl halides is 4. The molecule has 0 fully saturated rings. The Morgan fingerprint density at radius 1 is 1.16 bits per heavy atom.